The molecule has 0 fully saturated rings. The van der Waals surface area contributed by atoms with Crippen molar-refractivity contribution < 1.29 is 14.3 Å². The second-order valence-electron chi connectivity index (χ2n) is 4.25. The van der Waals surface area contributed by atoms with Crippen LogP contribution in [0.3, 0.4) is 0 Å². The molecule has 1 rings (SSSR count). The summed E-state index contributed by atoms with van der Waals surface area (Å²) in [5.74, 6) is 0.864. The van der Waals surface area contributed by atoms with Crippen LogP contribution in [0.1, 0.15) is 12.5 Å². The van der Waals surface area contributed by atoms with Crippen LogP contribution in [-0.2, 0) is 4.79 Å². The molecule has 0 heterocycles. The first kappa shape index (κ1) is 15.6. The smallest absolute Gasteiger partial charge is 0.244 e. The van der Waals surface area contributed by atoms with Gasteiger partial charge in [-0.1, -0.05) is 0 Å². The first-order valence-electron chi connectivity index (χ1n) is 6.17. The summed E-state index contributed by atoms with van der Waals surface area (Å²) in [5.41, 5.74) is 0.796. The summed E-state index contributed by atoms with van der Waals surface area (Å²) in [5, 5.41) is 11.3. The second-order valence-corrected chi connectivity index (χ2v) is 4.25. The van der Waals surface area contributed by atoms with Crippen molar-refractivity contribution in [1.29, 1.82) is 5.26 Å². The number of methoxy groups -OCH3 is 2. The molecular weight excluding hydrogens is 256 g/mol. The summed E-state index contributed by atoms with van der Waals surface area (Å²) >= 11 is 0. The fourth-order valence-corrected chi connectivity index (χ4v) is 1.46. The van der Waals surface area contributed by atoms with Gasteiger partial charge in [-0.15, -0.1) is 0 Å². The third kappa shape index (κ3) is 5.02. The van der Waals surface area contributed by atoms with Gasteiger partial charge >= 0.3 is 0 Å². The Morgan fingerprint density at radius 1 is 1.35 bits per heavy atom. The van der Waals surface area contributed by atoms with Gasteiger partial charge in [-0.05, 0) is 30.7 Å². The van der Waals surface area contributed by atoms with E-state index in [1.807, 2.05) is 0 Å². The van der Waals surface area contributed by atoms with E-state index in [0.717, 1.165) is 5.56 Å². The van der Waals surface area contributed by atoms with Crippen LogP contribution < -0.4 is 14.8 Å². The molecule has 0 aromatic heterocycles. The van der Waals surface area contributed by atoms with Crippen molar-refractivity contribution in [3.63, 3.8) is 0 Å². The van der Waals surface area contributed by atoms with Crippen LogP contribution in [-0.4, -0.2) is 26.7 Å². The molecule has 20 heavy (non-hydrogen) atoms. The SMILES string of the molecule is COc1cc(/C=C/C(=O)NC[C@H](C)C#N)cc(OC)c1. The van der Waals surface area contributed by atoms with Crippen molar-refractivity contribution in [3.8, 4) is 17.6 Å². The number of carbonyl (C=O) groups excluding carboxylic acids is 1. The molecule has 1 atom stereocenters. The summed E-state index contributed by atoms with van der Waals surface area (Å²) in [6.45, 7) is 2.08. The summed E-state index contributed by atoms with van der Waals surface area (Å²) < 4.78 is 10.3. The number of nitrogens with zero attached hydrogens (tertiary/aromatic N) is 1. The third-order valence-corrected chi connectivity index (χ3v) is 2.60. The molecule has 0 aliphatic heterocycles. The van der Waals surface area contributed by atoms with Crippen molar-refractivity contribution in [2.24, 2.45) is 5.92 Å². The lowest BCUT2D eigenvalue weighted by Crippen LogP contribution is -2.25. The Morgan fingerprint density at radius 2 is 1.95 bits per heavy atom. The average molecular weight is 274 g/mol. The Balaban J connectivity index is 2.70. The number of benzene rings is 1. The molecule has 0 unspecified atom stereocenters. The van der Waals surface area contributed by atoms with E-state index in [0.29, 0.717) is 18.0 Å². The maximum Gasteiger partial charge on any atom is 0.244 e. The minimum absolute atomic E-state index is 0.204. The predicted octanol–water partition coefficient (Wildman–Crippen LogP) is 1.99. The molecule has 1 aromatic carbocycles. The Labute approximate surface area is 118 Å². The van der Waals surface area contributed by atoms with Gasteiger partial charge in [-0.3, -0.25) is 4.79 Å². The Kier molecular flexibility index (Phi) is 6.11. The van der Waals surface area contributed by atoms with Gasteiger partial charge < -0.3 is 14.8 Å². The van der Waals surface area contributed by atoms with Crippen LogP contribution in [0.5, 0.6) is 11.5 Å². The van der Waals surface area contributed by atoms with Crippen LogP contribution in [0.2, 0.25) is 0 Å². The quantitative estimate of drug-likeness (QED) is 0.805. The van der Waals surface area contributed by atoms with Gasteiger partial charge in [0.05, 0.1) is 26.2 Å². The highest BCUT2D eigenvalue weighted by molar-refractivity contribution is 5.91. The highest BCUT2D eigenvalue weighted by Gasteiger charge is 2.02. The number of rotatable bonds is 6. The number of carbonyl (C=O) groups is 1. The van der Waals surface area contributed by atoms with E-state index in [1.54, 1.807) is 45.4 Å². The highest BCUT2D eigenvalue weighted by atomic mass is 16.5. The Hall–Kier alpha value is -2.48. The molecule has 1 amide bonds. The molecule has 1 aromatic rings. The molecule has 0 radical (unpaired) electrons. The van der Waals surface area contributed by atoms with Gasteiger partial charge in [0, 0.05) is 18.7 Å². The molecule has 5 nitrogen and oxygen atoms in total. The minimum atomic E-state index is -0.242. The van der Waals surface area contributed by atoms with Gasteiger partial charge in [0.25, 0.3) is 0 Å². The lowest BCUT2D eigenvalue weighted by atomic mass is 10.2. The predicted molar refractivity (Wildman–Crippen MR) is 76.4 cm³/mol. The monoisotopic (exact) mass is 274 g/mol. The molecule has 5 heteroatoms. The minimum Gasteiger partial charge on any atom is -0.497 e. The zero-order valence-corrected chi connectivity index (χ0v) is 11.8. The van der Waals surface area contributed by atoms with Gasteiger partial charge in [0.15, 0.2) is 0 Å². The lowest BCUT2D eigenvalue weighted by Gasteiger charge is -2.06. The zero-order chi connectivity index (χ0) is 15.0. The standard InChI is InChI=1S/C15H18N2O3/c1-11(9-16)10-17-15(18)5-4-12-6-13(19-2)8-14(7-12)20-3/h4-8,11H,10H2,1-3H3,(H,17,18)/b5-4+/t11-/m1/s1. The summed E-state index contributed by atoms with van der Waals surface area (Å²) in [6, 6.07) is 7.40. The largest absolute Gasteiger partial charge is 0.497 e. The maximum atomic E-state index is 11.6. The van der Waals surface area contributed by atoms with Crippen LogP contribution in [0, 0.1) is 17.2 Å². The van der Waals surface area contributed by atoms with Crippen LogP contribution >= 0.6 is 0 Å². The second kappa shape index (κ2) is 7.85. The summed E-state index contributed by atoms with van der Waals surface area (Å²) in [4.78, 5) is 11.6. The van der Waals surface area contributed by atoms with Crippen LogP contribution in [0.4, 0.5) is 0 Å². The Morgan fingerprint density at radius 3 is 2.45 bits per heavy atom. The Bertz CT molecular complexity index is 510. The van der Waals surface area contributed by atoms with E-state index in [1.165, 1.54) is 6.08 Å². The van der Waals surface area contributed by atoms with Crippen molar-refractivity contribution in [2.45, 2.75) is 6.92 Å². The van der Waals surface area contributed by atoms with Gasteiger partial charge in [-0.2, -0.15) is 5.26 Å². The normalized spacial score (nSPS) is 11.7. The van der Waals surface area contributed by atoms with E-state index >= 15 is 0 Å². The molecule has 0 spiro atoms. The number of hydrogen-bond acceptors (Lipinski definition) is 4. The van der Waals surface area contributed by atoms with Gasteiger partial charge in [-0.25, -0.2) is 0 Å². The van der Waals surface area contributed by atoms with Crippen molar-refractivity contribution in [3.05, 3.63) is 29.8 Å². The van der Waals surface area contributed by atoms with E-state index in [2.05, 4.69) is 11.4 Å². The third-order valence-electron chi connectivity index (χ3n) is 2.60. The van der Waals surface area contributed by atoms with E-state index in [4.69, 9.17) is 14.7 Å². The number of nitrogens with one attached hydrogen (secondary N) is 1. The molecule has 0 saturated heterocycles. The van der Waals surface area contributed by atoms with E-state index in [-0.39, 0.29) is 11.8 Å². The number of amides is 1. The van der Waals surface area contributed by atoms with Crippen LogP contribution in [0.25, 0.3) is 6.08 Å². The lowest BCUT2D eigenvalue weighted by molar-refractivity contribution is -0.116. The average Bonchev–Trinajstić information content (AvgIpc) is 2.49. The van der Waals surface area contributed by atoms with Crippen molar-refractivity contribution in [1.82, 2.24) is 5.32 Å². The topological polar surface area (TPSA) is 71.3 Å². The number of hydrogen-bond donors (Lipinski definition) is 1. The van der Waals surface area contributed by atoms with Crippen molar-refractivity contribution in [2.75, 3.05) is 20.8 Å². The first-order valence-corrected chi connectivity index (χ1v) is 6.17. The van der Waals surface area contributed by atoms with Gasteiger partial charge in [0.2, 0.25) is 5.91 Å². The fourth-order valence-electron chi connectivity index (χ4n) is 1.46. The number of ether oxygens (including phenoxy) is 2. The molecule has 106 valence electrons. The zero-order valence-electron chi connectivity index (χ0n) is 11.8. The van der Waals surface area contributed by atoms with Gasteiger partial charge in [0.1, 0.15) is 11.5 Å². The number of nitriles is 1. The molecule has 0 aliphatic rings. The molecule has 0 saturated carbocycles. The molecule has 0 bridgehead atoms. The van der Waals surface area contributed by atoms with E-state index in [9.17, 15) is 4.79 Å². The maximum absolute atomic E-state index is 11.6. The molecular formula is C15H18N2O3. The molecule has 0 aliphatic carbocycles. The summed E-state index contributed by atoms with van der Waals surface area (Å²) in [6.07, 6.45) is 3.08. The molecule has 1 N–H and O–H groups in total. The first-order chi connectivity index (χ1) is 9.58. The van der Waals surface area contributed by atoms with Crippen LogP contribution in [0.15, 0.2) is 24.3 Å². The fraction of sp³-hybridized carbons (Fsp3) is 0.333. The van der Waals surface area contributed by atoms with Crippen molar-refractivity contribution >= 4 is 12.0 Å². The highest BCUT2D eigenvalue weighted by Crippen LogP contribution is 2.23. The van der Waals surface area contributed by atoms with E-state index < -0.39 is 0 Å². The summed E-state index contributed by atoms with van der Waals surface area (Å²) in [7, 11) is 3.14.